The van der Waals surface area contributed by atoms with Gasteiger partial charge in [-0.1, -0.05) is 0 Å². The first kappa shape index (κ1) is 16.5. The summed E-state index contributed by atoms with van der Waals surface area (Å²) in [5.74, 6) is -0.531. The topological polar surface area (TPSA) is 95.9 Å². The average molecular weight is 334 g/mol. The van der Waals surface area contributed by atoms with E-state index in [1.807, 2.05) is 20.8 Å². The third kappa shape index (κ3) is 3.27. The number of aromatic nitrogens is 2. The number of amides is 1. The fraction of sp³-hybridized carbons (Fsp3) is 0.625. The van der Waals surface area contributed by atoms with Crippen LogP contribution in [0.1, 0.15) is 44.0 Å². The van der Waals surface area contributed by atoms with Gasteiger partial charge in [0.2, 0.25) is 5.95 Å². The minimum atomic E-state index is -1.04. The number of hydrogen-bond acceptors (Lipinski definition) is 6. The molecule has 8 nitrogen and oxygen atoms in total. The number of ether oxygens (including phenoxy) is 1. The summed E-state index contributed by atoms with van der Waals surface area (Å²) < 4.78 is 5.48. The van der Waals surface area contributed by atoms with Gasteiger partial charge in [-0.15, -0.1) is 0 Å². The highest BCUT2D eigenvalue weighted by atomic mass is 16.6. The Morgan fingerprint density at radius 1 is 1.17 bits per heavy atom. The van der Waals surface area contributed by atoms with Crippen LogP contribution in [0.2, 0.25) is 0 Å². The highest BCUT2D eigenvalue weighted by molar-refractivity contribution is 5.86. The van der Waals surface area contributed by atoms with Crippen LogP contribution in [0.5, 0.6) is 0 Å². The summed E-state index contributed by atoms with van der Waals surface area (Å²) in [6, 6.07) is 0.186. The van der Waals surface area contributed by atoms with Crippen LogP contribution in [0.15, 0.2) is 12.4 Å². The molecule has 4 rings (SSSR count). The van der Waals surface area contributed by atoms with Crippen molar-refractivity contribution in [3.63, 3.8) is 0 Å². The molecule has 1 amide bonds. The van der Waals surface area contributed by atoms with Gasteiger partial charge in [0.15, 0.2) is 0 Å². The van der Waals surface area contributed by atoms with Gasteiger partial charge in [-0.25, -0.2) is 19.6 Å². The Kier molecular flexibility index (Phi) is 4.06. The molecule has 2 atom stereocenters. The molecule has 3 saturated heterocycles. The number of nitrogens with zero attached hydrogens (tertiary/aromatic N) is 4. The van der Waals surface area contributed by atoms with Crippen LogP contribution in [0.3, 0.4) is 0 Å². The number of piperazine rings is 1. The number of aromatic carboxylic acids is 1. The predicted octanol–water partition coefficient (Wildman–Crippen LogP) is 1.76. The molecule has 0 saturated carbocycles. The van der Waals surface area contributed by atoms with Crippen molar-refractivity contribution in [3.8, 4) is 0 Å². The first-order valence-electron chi connectivity index (χ1n) is 8.06. The van der Waals surface area contributed by atoms with Gasteiger partial charge < -0.3 is 19.6 Å². The molecule has 0 spiro atoms. The standard InChI is InChI=1S/C16H22N4O4/c1-16(2,3)24-15(23)20-9-11-4-5-12(20)8-19(11)14-17-6-10(7-18-14)13(21)22/h6-7,11-12H,4-5,8-9H2,1-3H3,(H,21,22). The summed E-state index contributed by atoms with van der Waals surface area (Å²) in [4.78, 5) is 35.4. The summed E-state index contributed by atoms with van der Waals surface area (Å²) in [6.07, 6.45) is 4.23. The second kappa shape index (κ2) is 5.92. The zero-order valence-electron chi connectivity index (χ0n) is 14.1. The Morgan fingerprint density at radius 3 is 2.29 bits per heavy atom. The Labute approximate surface area is 140 Å². The number of carbonyl (C=O) groups is 2. The molecule has 2 bridgehead atoms. The summed E-state index contributed by atoms with van der Waals surface area (Å²) in [6.45, 7) is 6.78. The van der Waals surface area contributed by atoms with Crippen LogP contribution in [0.25, 0.3) is 0 Å². The van der Waals surface area contributed by atoms with Crippen molar-refractivity contribution in [2.75, 3.05) is 18.0 Å². The molecule has 130 valence electrons. The van der Waals surface area contributed by atoms with Crippen molar-refractivity contribution < 1.29 is 19.4 Å². The SMILES string of the molecule is CC(C)(C)OC(=O)N1CC2CCC1CN2c1ncc(C(=O)O)cn1. The number of carbonyl (C=O) groups excluding carboxylic acids is 1. The monoisotopic (exact) mass is 334 g/mol. The maximum Gasteiger partial charge on any atom is 0.410 e. The van der Waals surface area contributed by atoms with Gasteiger partial charge in [-0.2, -0.15) is 0 Å². The van der Waals surface area contributed by atoms with Gasteiger partial charge >= 0.3 is 12.1 Å². The quantitative estimate of drug-likeness (QED) is 0.880. The Bertz CT molecular complexity index is 640. The van der Waals surface area contributed by atoms with Crippen LogP contribution in [-0.2, 0) is 4.74 Å². The van der Waals surface area contributed by atoms with E-state index in [0.717, 1.165) is 12.8 Å². The number of fused-ring (bicyclic) bond motifs is 3. The second-order valence-electron chi connectivity index (χ2n) is 7.25. The minimum absolute atomic E-state index is 0.0626. The lowest BCUT2D eigenvalue weighted by Crippen LogP contribution is -2.64. The first-order chi connectivity index (χ1) is 11.2. The van der Waals surface area contributed by atoms with Crippen LogP contribution >= 0.6 is 0 Å². The summed E-state index contributed by atoms with van der Waals surface area (Å²) in [7, 11) is 0. The number of rotatable bonds is 2. The lowest BCUT2D eigenvalue weighted by molar-refractivity contribution is 0.000652. The summed E-state index contributed by atoms with van der Waals surface area (Å²) in [5, 5.41) is 8.93. The summed E-state index contributed by atoms with van der Waals surface area (Å²) >= 11 is 0. The highest BCUT2D eigenvalue weighted by Gasteiger charge is 2.43. The van der Waals surface area contributed by atoms with E-state index in [-0.39, 0.29) is 23.7 Å². The van der Waals surface area contributed by atoms with E-state index in [0.29, 0.717) is 19.0 Å². The van der Waals surface area contributed by atoms with Crippen molar-refractivity contribution in [1.29, 1.82) is 0 Å². The zero-order valence-corrected chi connectivity index (χ0v) is 14.1. The number of carboxylic acid groups (broad SMARTS) is 1. The fourth-order valence-corrected chi connectivity index (χ4v) is 3.20. The van der Waals surface area contributed by atoms with Gasteiger partial charge in [-0.05, 0) is 33.6 Å². The normalized spacial score (nSPS) is 23.3. The number of hydrogen-bond donors (Lipinski definition) is 1. The number of carboxylic acids is 1. The molecule has 3 fully saturated rings. The molecule has 2 unspecified atom stereocenters. The van der Waals surface area contributed by atoms with Gasteiger partial charge in [0, 0.05) is 31.5 Å². The maximum atomic E-state index is 12.4. The molecule has 4 heterocycles. The van der Waals surface area contributed by atoms with Crippen LogP contribution in [0, 0.1) is 0 Å². The van der Waals surface area contributed by atoms with Crippen LogP contribution < -0.4 is 4.90 Å². The fourth-order valence-electron chi connectivity index (χ4n) is 3.20. The van der Waals surface area contributed by atoms with Crippen LogP contribution in [0.4, 0.5) is 10.7 Å². The van der Waals surface area contributed by atoms with Gasteiger partial charge in [0.1, 0.15) is 5.60 Å². The largest absolute Gasteiger partial charge is 0.478 e. The Morgan fingerprint density at radius 2 is 1.79 bits per heavy atom. The number of anilines is 1. The Balaban J connectivity index is 1.71. The van der Waals surface area contributed by atoms with Crippen LogP contribution in [-0.4, -0.2) is 62.8 Å². The van der Waals surface area contributed by atoms with Crippen molar-refractivity contribution in [2.45, 2.75) is 51.3 Å². The number of piperidine rings is 2. The third-order valence-corrected chi connectivity index (χ3v) is 4.30. The van der Waals surface area contributed by atoms with Crippen molar-refractivity contribution in [1.82, 2.24) is 14.9 Å². The smallest absolute Gasteiger partial charge is 0.410 e. The second-order valence-corrected chi connectivity index (χ2v) is 7.25. The molecule has 0 aliphatic carbocycles. The minimum Gasteiger partial charge on any atom is -0.478 e. The average Bonchev–Trinajstić information content (AvgIpc) is 2.53. The zero-order chi connectivity index (χ0) is 17.5. The molecular weight excluding hydrogens is 312 g/mol. The van der Waals surface area contributed by atoms with E-state index in [4.69, 9.17) is 9.84 Å². The Hall–Kier alpha value is -2.38. The highest BCUT2D eigenvalue weighted by Crippen LogP contribution is 2.32. The molecular formula is C16H22N4O4. The molecule has 1 aromatic rings. The summed E-state index contributed by atoms with van der Waals surface area (Å²) in [5.41, 5.74) is -0.445. The van der Waals surface area contributed by atoms with E-state index in [1.165, 1.54) is 12.4 Å². The van der Waals surface area contributed by atoms with Gasteiger partial charge in [0.25, 0.3) is 0 Å². The van der Waals surface area contributed by atoms with Gasteiger partial charge in [-0.3, -0.25) is 0 Å². The van der Waals surface area contributed by atoms with E-state index in [1.54, 1.807) is 4.90 Å². The molecule has 0 radical (unpaired) electrons. The maximum absolute atomic E-state index is 12.4. The molecule has 0 aromatic carbocycles. The van der Waals surface area contributed by atoms with E-state index >= 15 is 0 Å². The molecule has 3 aliphatic heterocycles. The van der Waals surface area contributed by atoms with Crippen molar-refractivity contribution >= 4 is 18.0 Å². The van der Waals surface area contributed by atoms with Crippen molar-refractivity contribution in [2.24, 2.45) is 0 Å². The molecule has 8 heteroatoms. The van der Waals surface area contributed by atoms with Gasteiger partial charge in [0.05, 0.1) is 11.6 Å². The molecule has 1 aromatic heterocycles. The van der Waals surface area contributed by atoms with E-state index in [2.05, 4.69) is 14.9 Å². The third-order valence-electron chi connectivity index (χ3n) is 4.30. The van der Waals surface area contributed by atoms with E-state index in [9.17, 15) is 9.59 Å². The predicted molar refractivity (Wildman–Crippen MR) is 86.1 cm³/mol. The molecule has 1 N–H and O–H groups in total. The molecule has 24 heavy (non-hydrogen) atoms. The first-order valence-corrected chi connectivity index (χ1v) is 8.06. The van der Waals surface area contributed by atoms with Crippen molar-refractivity contribution in [3.05, 3.63) is 18.0 Å². The lowest BCUT2D eigenvalue weighted by atomic mass is 9.91. The van der Waals surface area contributed by atoms with E-state index < -0.39 is 11.6 Å². The lowest BCUT2D eigenvalue weighted by Gasteiger charge is -2.51. The molecule has 3 aliphatic rings.